The molecule has 0 fully saturated rings. The Morgan fingerprint density at radius 1 is 1.50 bits per heavy atom. The lowest BCUT2D eigenvalue weighted by Gasteiger charge is -2.04. The maximum Gasteiger partial charge on any atom is 0.109 e. The first kappa shape index (κ1) is 10.6. The van der Waals surface area contributed by atoms with Crippen molar-refractivity contribution < 1.29 is 0 Å². The van der Waals surface area contributed by atoms with Crippen molar-refractivity contribution in [3.05, 3.63) is 24.0 Å². The second-order valence-electron chi connectivity index (χ2n) is 3.34. The summed E-state index contributed by atoms with van der Waals surface area (Å²) in [4.78, 5) is 12.6. The fraction of sp³-hybridized carbons (Fsp3) is 0.364. The van der Waals surface area contributed by atoms with Gasteiger partial charge in [-0.05, 0) is 39.6 Å². The maximum atomic E-state index is 4.42. The monoisotopic (exact) mass is 189 g/mol. The first-order valence-electron chi connectivity index (χ1n) is 4.61. The van der Waals surface area contributed by atoms with E-state index in [9.17, 15) is 0 Å². The van der Waals surface area contributed by atoms with Gasteiger partial charge in [-0.2, -0.15) is 0 Å². The van der Waals surface area contributed by atoms with Crippen molar-refractivity contribution >= 4 is 18.1 Å². The first-order chi connectivity index (χ1) is 6.65. The number of pyridine rings is 1. The van der Waals surface area contributed by atoms with E-state index in [1.54, 1.807) is 6.20 Å². The van der Waals surface area contributed by atoms with Crippen molar-refractivity contribution in [3.8, 4) is 0 Å². The van der Waals surface area contributed by atoms with Gasteiger partial charge < -0.3 is 0 Å². The summed E-state index contributed by atoms with van der Waals surface area (Å²) in [5.74, 6) is 0. The fourth-order valence-electron chi connectivity index (χ4n) is 1.25. The zero-order valence-electron chi connectivity index (χ0n) is 8.86. The molecule has 0 atom stereocenters. The molecule has 0 bridgehead atoms. The number of rotatable bonds is 3. The lowest BCUT2D eigenvalue weighted by molar-refractivity contribution is 0.834. The third-order valence-corrected chi connectivity index (χ3v) is 1.75. The highest BCUT2D eigenvalue weighted by Crippen LogP contribution is 2.16. The normalized spacial score (nSPS) is 11.9. The molecule has 0 unspecified atom stereocenters. The standard InChI is InChI=1S/C11H15N3/c1-8(2)14-9(3)11-10(12-4)6-5-7-13-11/h5-8H,4H2,1-3H3. The summed E-state index contributed by atoms with van der Waals surface area (Å²) in [6.45, 7) is 9.52. The average molecular weight is 189 g/mol. The van der Waals surface area contributed by atoms with Crippen LogP contribution < -0.4 is 0 Å². The van der Waals surface area contributed by atoms with Crippen LogP contribution in [-0.2, 0) is 0 Å². The quantitative estimate of drug-likeness (QED) is 0.673. The molecule has 0 aliphatic carbocycles. The Hall–Kier alpha value is -1.51. The Morgan fingerprint density at radius 3 is 2.79 bits per heavy atom. The van der Waals surface area contributed by atoms with Crippen LogP contribution in [0.5, 0.6) is 0 Å². The summed E-state index contributed by atoms with van der Waals surface area (Å²) in [6, 6.07) is 4.00. The smallest absolute Gasteiger partial charge is 0.109 e. The number of nitrogens with zero attached hydrogens (tertiary/aromatic N) is 3. The van der Waals surface area contributed by atoms with E-state index < -0.39 is 0 Å². The number of aromatic nitrogens is 1. The molecule has 1 aromatic heterocycles. The molecule has 1 heterocycles. The molecule has 0 saturated carbocycles. The molecule has 74 valence electrons. The Balaban J connectivity index is 3.11. The first-order valence-corrected chi connectivity index (χ1v) is 4.61. The molecule has 0 aromatic carbocycles. The number of hydrogen-bond donors (Lipinski definition) is 0. The third-order valence-electron chi connectivity index (χ3n) is 1.75. The molecule has 14 heavy (non-hydrogen) atoms. The molecule has 1 aromatic rings. The van der Waals surface area contributed by atoms with Gasteiger partial charge >= 0.3 is 0 Å². The van der Waals surface area contributed by atoms with E-state index >= 15 is 0 Å². The summed E-state index contributed by atoms with van der Waals surface area (Å²) < 4.78 is 0. The van der Waals surface area contributed by atoms with Gasteiger partial charge in [0, 0.05) is 12.2 Å². The molecule has 1 rings (SSSR count). The molecule has 0 N–H and O–H groups in total. The highest BCUT2D eigenvalue weighted by atomic mass is 14.8. The second kappa shape index (κ2) is 4.65. The molecule has 3 heteroatoms. The van der Waals surface area contributed by atoms with Crippen molar-refractivity contribution in [3.63, 3.8) is 0 Å². The van der Waals surface area contributed by atoms with E-state index in [4.69, 9.17) is 0 Å². The van der Waals surface area contributed by atoms with Gasteiger partial charge in [-0.15, -0.1) is 0 Å². The van der Waals surface area contributed by atoms with Crippen molar-refractivity contribution in [2.75, 3.05) is 0 Å². The van der Waals surface area contributed by atoms with Crippen molar-refractivity contribution in [2.45, 2.75) is 26.8 Å². The van der Waals surface area contributed by atoms with Crippen LogP contribution in [-0.4, -0.2) is 23.5 Å². The van der Waals surface area contributed by atoms with E-state index in [1.807, 2.05) is 32.9 Å². The van der Waals surface area contributed by atoms with Gasteiger partial charge in [-0.1, -0.05) is 0 Å². The van der Waals surface area contributed by atoms with Crippen LogP contribution in [0.4, 0.5) is 5.69 Å². The molecule has 0 aliphatic heterocycles. The molecule has 0 aliphatic rings. The van der Waals surface area contributed by atoms with E-state index in [0.29, 0.717) is 0 Å². The van der Waals surface area contributed by atoms with Crippen LogP contribution in [0.1, 0.15) is 26.5 Å². The lowest BCUT2D eigenvalue weighted by atomic mass is 10.2. The number of aliphatic imine (C=N–C) groups is 2. The summed E-state index contributed by atoms with van der Waals surface area (Å²) in [6.07, 6.45) is 1.74. The fourth-order valence-corrected chi connectivity index (χ4v) is 1.25. The van der Waals surface area contributed by atoms with Crippen molar-refractivity contribution in [1.82, 2.24) is 4.98 Å². The Labute approximate surface area is 84.6 Å². The van der Waals surface area contributed by atoms with Crippen LogP contribution in [0, 0.1) is 0 Å². The van der Waals surface area contributed by atoms with Gasteiger partial charge in [0.15, 0.2) is 0 Å². The third kappa shape index (κ3) is 2.49. The largest absolute Gasteiger partial charge is 0.285 e. The molecule has 0 spiro atoms. The van der Waals surface area contributed by atoms with Crippen LogP contribution in [0.15, 0.2) is 28.3 Å². The van der Waals surface area contributed by atoms with Gasteiger partial charge in [0.25, 0.3) is 0 Å². The van der Waals surface area contributed by atoms with Gasteiger partial charge in [-0.25, -0.2) is 0 Å². The average Bonchev–Trinajstić information content (AvgIpc) is 2.16. The summed E-state index contributed by atoms with van der Waals surface area (Å²) in [7, 11) is 0. The minimum atomic E-state index is 0.273. The minimum Gasteiger partial charge on any atom is -0.285 e. The van der Waals surface area contributed by atoms with E-state index in [-0.39, 0.29) is 6.04 Å². The second-order valence-corrected chi connectivity index (χ2v) is 3.34. The van der Waals surface area contributed by atoms with Crippen molar-refractivity contribution in [1.29, 1.82) is 0 Å². The van der Waals surface area contributed by atoms with Gasteiger partial charge in [0.1, 0.15) is 5.69 Å². The number of hydrogen-bond acceptors (Lipinski definition) is 3. The summed E-state index contributed by atoms with van der Waals surface area (Å²) >= 11 is 0. The van der Waals surface area contributed by atoms with Crippen LogP contribution >= 0.6 is 0 Å². The zero-order valence-corrected chi connectivity index (χ0v) is 8.86. The summed E-state index contributed by atoms with van der Waals surface area (Å²) in [5, 5.41) is 0. The molecule has 0 saturated heterocycles. The van der Waals surface area contributed by atoms with Crippen LogP contribution in [0.2, 0.25) is 0 Å². The van der Waals surface area contributed by atoms with Crippen LogP contribution in [0.25, 0.3) is 0 Å². The van der Waals surface area contributed by atoms with Crippen molar-refractivity contribution in [2.24, 2.45) is 9.98 Å². The Morgan fingerprint density at radius 2 is 2.21 bits per heavy atom. The Kier molecular flexibility index (Phi) is 3.51. The molecular formula is C11H15N3. The molecule has 3 nitrogen and oxygen atoms in total. The molecule has 0 radical (unpaired) electrons. The SMILES string of the molecule is C=Nc1cccnc1C(C)=NC(C)C. The zero-order chi connectivity index (χ0) is 10.6. The predicted octanol–water partition coefficient (Wildman–Crippen LogP) is 2.63. The van der Waals surface area contributed by atoms with Crippen LogP contribution in [0.3, 0.4) is 0 Å². The Bertz CT molecular complexity index is 353. The molecular weight excluding hydrogens is 174 g/mol. The minimum absolute atomic E-state index is 0.273. The van der Waals surface area contributed by atoms with Gasteiger partial charge in [-0.3, -0.25) is 15.0 Å². The van der Waals surface area contributed by atoms with Gasteiger partial charge in [0.05, 0.1) is 11.4 Å². The predicted molar refractivity (Wildman–Crippen MR) is 60.8 cm³/mol. The van der Waals surface area contributed by atoms with E-state index in [1.165, 1.54) is 0 Å². The molecule has 0 amide bonds. The topological polar surface area (TPSA) is 37.6 Å². The maximum absolute atomic E-state index is 4.42. The highest BCUT2D eigenvalue weighted by Gasteiger charge is 2.04. The van der Waals surface area contributed by atoms with E-state index in [2.05, 4.69) is 21.7 Å². The summed E-state index contributed by atoms with van der Waals surface area (Å²) in [5.41, 5.74) is 2.51. The highest BCUT2D eigenvalue weighted by molar-refractivity contribution is 6.01. The van der Waals surface area contributed by atoms with Gasteiger partial charge in [0.2, 0.25) is 0 Å². The lowest BCUT2D eigenvalue weighted by Crippen LogP contribution is -2.02. The van der Waals surface area contributed by atoms with E-state index in [0.717, 1.165) is 17.1 Å².